The van der Waals surface area contributed by atoms with Crippen LogP contribution in [0.3, 0.4) is 0 Å². The van der Waals surface area contributed by atoms with E-state index in [1.165, 1.54) is 5.56 Å². The quantitative estimate of drug-likeness (QED) is 0.395. The van der Waals surface area contributed by atoms with Crippen molar-refractivity contribution >= 4 is 27.5 Å². The number of nitrogens with zero attached hydrogens (tertiary/aromatic N) is 2. The summed E-state index contributed by atoms with van der Waals surface area (Å²) in [6.07, 6.45) is 3.41. The minimum Gasteiger partial charge on any atom is -0.484 e. The highest BCUT2D eigenvalue weighted by molar-refractivity contribution is 9.10. The average Bonchev–Trinajstić information content (AvgIpc) is 3.37. The lowest BCUT2D eigenvalue weighted by Gasteiger charge is -2.05. The van der Waals surface area contributed by atoms with Crippen molar-refractivity contribution < 1.29 is 13.9 Å². The number of amides is 1. The Morgan fingerprint density at radius 1 is 1.17 bits per heavy atom. The normalized spacial score (nSPS) is 10.7. The molecule has 0 radical (unpaired) electrons. The zero-order valence-electron chi connectivity index (χ0n) is 16.3. The summed E-state index contributed by atoms with van der Waals surface area (Å²) in [5.41, 5.74) is 2.96. The zero-order valence-corrected chi connectivity index (χ0v) is 17.9. The fourth-order valence-electron chi connectivity index (χ4n) is 2.99. The van der Waals surface area contributed by atoms with Crippen LogP contribution in [-0.4, -0.2) is 15.7 Å². The van der Waals surface area contributed by atoms with E-state index in [9.17, 15) is 4.79 Å². The lowest BCUT2D eigenvalue weighted by molar-refractivity contribution is 0.0992. The molecule has 0 fully saturated rings. The van der Waals surface area contributed by atoms with Gasteiger partial charge in [0, 0.05) is 6.20 Å². The predicted octanol–water partition coefficient (Wildman–Crippen LogP) is 5.43. The Hall–Kier alpha value is -3.32. The summed E-state index contributed by atoms with van der Waals surface area (Å²) in [4.78, 5) is 12.5. The second kappa shape index (κ2) is 9.00. The van der Waals surface area contributed by atoms with Gasteiger partial charge in [-0.2, -0.15) is 5.10 Å². The smallest absolute Gasteiger partial charge is 0.291 e. The molecule has 1 amide bonds. The van der Waals surface area contributed by atoms with Gasteiger partial charge in [0.25, 0.3) is 5.91 Å². The standard InChI is InChI=1S/C23H20BrN3O3/c1-16-5-4-6-17(11-16)13-27-14-18(12-25-27)26-23(28)22-10-9-19(30-22)15-29-21-8-3-2-7-20(21)24/h2-12,14H,13,15H2,1H3,(H,26,28). The number of hydrogen-bond acceptors (Lipinski definition) is 4. The van der Waals surface area contributed by atoms with Crippen molar-refractivity contribution in [1.29, 1.82) is 0 Å². The van der Waals surface area contributed by atoms with Crippen LogP contribution < -0.4 is 10.1 Å². The van der Waals surface area contributed by atoms with Gasteiger partial charge in [0.05, 0.1) is 22.9 Å². The van der Waals surface area contributed by atoms with Gasteiger partial charge >= 0.3 is 0 Å². The highest BCUT2D eigenvalue weighted by atomic mass is 79.9. The number of aryl methyl sites for hydroxylation is 1. The second-order valence-corrected chi connectivity index (χ2v) is 7.71. The first-order valence-electron chi connectivity index (χ1n) is 9.42. The minimum absolute atomic E-state index is 0.215. The molecule has 0 spiro atoms. The van der Waals surface area contributed by atoms with Gasteiger partial charge < -0.3 is 14.5 Å². The molecule has 30 heavy (non-hydrogen) atoms. The molecule has 0 atom stereocenters. The van der Waals surface area contributed by atoms with Crippen LogP contribution in [0.2, 0.25) is 0 Å². The lowest BCUT2D eigenvalue weighted by atomic mass is 10.1. The summed E-state index contributed by atoms with van der Waals surface area (Å²) in [6, 6.07) is 19.1. The van der Waals surface area contributed by atoms with Crippen molar-refractivity contribution in [3.05, 3.63) is 100 Å². The number of benzene rings is 2. The molecule has 0 saturated heterocycles. The third-order valence-corrected chi connectivity index (χ3v) is 5.07. The highest BCUT2D eigenvalue weighted by Gasteiger charge is 2.13. The van der Waals surface area contributed by atoms with E-state index in [0.717, 1.165) is 10.0 Å². The third-order valence-electron chi connectivity index (χ3n) is 4.41. The van der Waals surface area contributed by atoms with E-state index in [1.807, 2.05) is 36.4 Å². The molecule has 152 valence electrons. The third kappa shape index (κ3) is 4.99. The first kappa shape index (κ1) is 20.0. The Kier molecular flexibility index (Phi) is 5.99. The van der Waals surface area contributed by atoms with Crippen molar-refractivity contribution in [3.63, 3.8) is 0 Å². The number of rotatable bonds is 7. The molecule has 0 aliphatic carbocycles. The van der Waals surface area contributed by atoms with Crippen LogP contribution in [0.25, 0.3) is 0 Å². The molecule has 4 aromatic rings. The molecule has 2 heterocycles. The molecular weight excluding hydrogens is 446 g/mol. The number of para-hydroxylation sites is 1. The van der Waals surface area contributed by atoms with E-state index in [0.29, 0.717) is 23.7 Å². The number of carbonyl (C=O) groups is 1. The number of halogens is 1. The van der Waals surface area contributed by atoms with E-state index >= 15 is 0 Å². The van der Waals surface area contributed by atoms with Gasteiger partial charge in [-0.1, -0.05) is 42.0 Å². The van der Waals surface area contributed by atoms with Gasteiger partial charge in [0.1, 0.15) is 18.1 Å². The van der Waals surface area contributed by atoms with E-state index in [-0.39, 0.29) is 18.3 Å². The molecule has 0 aliphatic rings. The summed E-state index contributed by atoms with van der Waals surface area (Å²) in [5, 5.41) is 7.12. The van der Waals surface area contributed by atoms with Crippen molar-refractivity contribution in [2.45, 2.75) is 20.1 Å². The number of carbonyl (C=O) groups excluding carboxylic acids is 1. The summed E-state index contributed by atoms with van der Waals surface area (Å²) in [5.74, 6) is 1.15. The fourth-order valence-corrected chi connectivity index (χ4v) is 3.39. The second-order valence-electron chi connectivity index (χ2n) is 6.85. The molecular formula is C23H20BrN3O3. The number of hydrogen-bond donors (Lipinski definition) is 1. The molecule has 6 nitrogen and oxygen atoms in total. The molecule has 0 unspecified atom stereocenters. The van der Waals surface area contributed by atoms with E-state index < -0.39 is 0 Å². The number of anilines is 1. The largest absolute Gasteiger partial charge is 0.484 e. The van der Waals surface area contributed by atoms with Gasteiger partial charge in [0.15, 0.2) is 5.76 Å². The number of aromatic nitrogens is 2. The van der Waals surface area contributed by atoms with Crippen molar-refractivity contribution in [1.82, 2.24) is 9.78 Å². The molecule has 4 rings (SSSR count). The van der Waals surface area contributed by atoms with Crippen LogP contribution in [0, 0.1) is 6.92 Å². The molecule has 0 aliphatic heterocycles. The molecule has 0 bridgehead atoms. The van der Waals surface area contributed by atoms with Crippen molar-refractivity contribution in [2.24, 2.45) is 0 Å². The molecule has 1 N–H and O–H groups in total. The van der Waals surface area contributed by atoms with Crippen LogP contribution in [-0.2, 0) is 13.2 Å². The first-order chi connectivity index (χ1) is 14.6. The zero-order chi connectivity index (χ0) is 20.9. The Morgan fingerprint density at radius 3 is 2.87 bits per heavy atom. The summed E-state index contributed by atoms with van der Waals surface area (Å²) in [6.45, 7) is 2.92. The van der Waals surface area contributed by atoms with Crippen LogP contribution in [0.4, 0.5) is 5.69 Å². The lowest BCUT2D eigenvalue weighted by Crippen LogP contribution is -2.10. The van der Waals surface area contributed by atoms with Crippen LogP contribution in [0.15, 0.2) is 81.9 Å². The van der Waals surface area contributed by atoms with Crippen LogP contribution in [0.1, 0.15) is 27.4 Å². The number of furan rings is 1. The van der Waals surface area contributed by atoms with Gasteiger partial charge in [-0.25, -0.2) is 0 Å². The molecule has 2 aromatic carbocycles. The summed E-state index contributed by atoms with van der Waals surface area (Å²) in [7, 11) is 0. The van der Waals surface area contributed by atoms with Crippen molar-refractivity contribution in [2.75, 3.05) is 5.32 Å². The number of ether oxygens (including phenoxy) is 1. The average molecular weight is 466 g/mol. The van der Waals surface area contributed by atoms with Crippen molar-refractivity contribution in [3.8, 4) is 5.75 Å². The minimum atomic E-state index is -0.336. The van der Waals surface area contributed by atoms with Gasteiger partial charge in [-0.15, -0.1) is 0 Å². The number of nitrogens with one attached hydrogen (secondary N) is 1. The van der Waals surface area contributed by atoms with E-state index in [4.69, 9.17) is 9.15 Å². The molecule has 0 saturated carbocycles. The first-order valence-corrected chi connectivity index (χ1v) is 10.2. The maximum Gasteiger partial charge on any atom is 0.291 e. The topological polar surface area (TPSA) is 69.3 Å². The van der Waals surface area contributed by atoms with Gasteiger partial charge in [-0.05, 0) is 52.7 Å². The molecule has 2 aromatic heterocycles. The Balaban J connectivity index is 1.34. The predicted molar refractivity (Wildman–Crippen MR) is 118 cm³/mol. The monoisotopic (exact) mass is 465 g/mol. The van der Waals surface area contributed by atoms with E-state index in [2.05, 4.69) is 45.4 Å². The molecule has 7 heteroatoms. The fraction of sp³-hybridized carbons (Fsp3) is 0.130. The SMILES string of the molecule is Cc1cccc(Cn2cc(NC(=O)c3ccc(COc4ccccc4Br)o3)cn2)c1. The Labute approximate surface area is 182 Å². The maximum absolute atomic E-state index is 12.5. The maximum atomic E-state index is 12.5. The van der Waals surface area contributed by atoms with Crippen LogP contribution in [0.5, 0.6) is 5.75 Å². The Morgan fingerprint density at radius 2 is 2.03 bits per heavy atom. The summed E-state index contributed by atoms with van der Waals surface area (Å²) < 4.78 is 14.0. The highest BCUT2D eigenvalue weighted by Crippen LogP contribution is 2.25. The van der Waals surface area contributed by atoms with E-state index in [1.54, 1.807) is 29.2 Å². The van der Waals surface area contributed by atoms with Crippen LogP contribution >= 0.6 is 15.9 Å². The summed E-state index contributed by atoms with van der Waals surface area (Å²) >= 11 is 3.43. The Bertz CT molecular complexity index is 1170. The van der Waals surface area contributed by atoms with Gasteiger partial charge in [0.2, 0.25) is 0 Å². The van der Waals surface area contributed by atoms with Gasteiger partial charge in [-0.3, -0.25) is 9.48 Å².